The van der Waals surface area contributed by atoms with E-state index in [9.17, 15) is 17.6 Å². The minimum atomic E-state index is -2.61. The molecule has 0 aliphatic heterocycles. The second-order valence-electron chi connectivity index (χ2n) is 3.83. The van der Waals surface area contributed by atoms with Crippen molar-refractivity contribution < 1.29 is 17.6 Å². The Labute approximate surface area is 97.8 Å². The first-order valence-electron chi connectivity index (χ1n) is 5.50. The van der Waals surface area contributed by atoms with Crippen LogP contribution in [0, 0.1) is 11.6 Å². The summed E-state index contributed by atoms with van der Waals surface area (Å²) in [5, 5.41) is 2.62. The van der Waals surface area contributed by atoms with E-state index in [4.69, 9.17) is 0 Å². The Bertz CT molecular complexity index is 354. The molecule has 1 unspecified atom stereocenters. The largest absolute Gasteiger partial charge is 0.309 e. The van der Waals surface area contributed by atoms with E-state index in [0.29, 0.717) is 13.0 Å². The van der Waals surface area contributed by atoms with Gasteiger partial charge < -0.3 is 5.32 Å². The van der Waals surface area contributed by atoms with Crippen molar-refractivity contribution in [2.45, 2.75) is 32.2 Å². The highest BCUT2D eigenvalue weighted by Crippen LogP contribution is 2.15. The molecular weight excluding hydrogens is 234 g/mol. The maximum Gasteiger partial charge on any atom is 0.254 e. The molecule has 0 saturated carbocycles. The molecule has 1 atom stereocenters. The molecule has 0 aliphatic rings. The van der Waals surface area contributed by atoms with Crippen molar-refractivity contribution in [3.8, 4) is 0 Å². The maximum atomic E-state index is 13.3. The molecule has 17 heavy (non-hydrogen) atoms. The van der Waals surface area contributed by atoms with Gasteiger partial charge in [-0.3, -0.25) is 0 Å². The van der Waals surface area contributed by atoms with Crippen LogP contribution in [0.4, 0.5) is 17.6 Å². The first-order chi connectivity index (χ1) is 8.04. The van der Waals surface area contributed by atoms with Gasteiger partial charge in [0, 0.05) is 0 Å². The summed E-state index contributed by atoms with van der Waals surface area (Å²) in [6.07, 6.45) is -2.12. The van der Waals surface area contributed by atoms with E-state index in [-0.39, 0.29) is 12.0 Å². The van der Waals surface area contributed by atoms with Crippen LogP contribution in [0.25, 0.3) is 0 Å². The van der Waals surface area contributed by atoms with Gasteiger partial charge in [-0.2, -0.15) is 0 Å². The Morgan fingerprint density at radius 3 is 2.53 bits per heavy atom. The lowest BCUT2D eigenvalue weighted by Gasteiger charge is -2.17. The monoisotopic (exact) mass is 249 g/mol. The number of hydrogen-bond donors (Lipinski definition) is 1. The van der Waals surface area contributed by atoms with Crippen LogP contribution in [0.3, 0.4) is 0 Å². The first-order valence-corrected chi connectivity index (χ1v) is 5.50. The second kappa shape index (κ2) is 6.59. The smallest absolute Gasteiger partial charge is 0.254 e. The minimum absolute atomic E-state index is 0.0288. The summed E-state index contributed by atoms with van der Waals surface area (Å²) >= 11 is 0. The Hall–Kier alpha value is -1.10. The summed E-state index contributed by atoms with van der Waals surface area (Å²) in [6, 6.07) is 1.73. The van der Waals surface area contributed by atoms with E-state index >= 15 is 0 Å². The van der Waals surface area contributed by atoms with Crippen LogP contribution < -0.4 is 5.32 Å². The molecule has 0 fully saturated rings. The Morgan fingerprint density at radius 2 is 1.94 bits per heavy atom. The summed E-state index contributed by atoms with van der Waals surface area (Å²) in [5.74, 6) is -1.28. The molecule has 0 bridgehead atoms. The number of rotatable bonds is 6. The van der Waals surface area contributed by atoms with Crippen LogP contribution in [0.1, 0.15) is 18.9 Å². The summed E-state index contributed by atoms with van der Waals surface area (Å²) < 4.78 is 51.5. The highest BCUT2D eigenvalue weighted by Gasteiger charge is 2.21. The number of benzene rings is 1. The molecule has 0 aliphatic carbocycles. The Balaban J connectivity index is 2.74. The zero-order chi connectivity index (χ0) is 12.8. The maximum absolute atomic E-state index is 13.3. The lowest BCUT2D eigenvalue weighted by atomic mass is 10.1. The summed E-state index contributed by atoms with van der Waals surface area (Å²) in [5.41, 5.74) is -0.0288. The molecule has 1 aromatic rings. The van der Waals surface area contributed by atoms with Crippen molar-refractivity contribution in [3.63, 3.8) is 0 Å². The molecule has 96 valence electrons. The molecule has 1 aromatic carbocycles. The highest BCUT2D eigenvalue weighted by atomic mass is 19.3. The number of halogens is 4. The Morgan fingerprint density at radius 1 is 1.24 bits per heavy atom. The van der Waals surface area contributed by atoms with Crippen LogP contribution in [0.5, 0.6) is 0 Å². The lowest BCUT2D eigenvalue weighted by molar-refractivity contribution is 0.0979. The highest BCUT2D eigenvalue weighted by molar-refractivity contribution is 5.20. The third-order valence-electron chi connectivity index (χ3n) is 2.41. The van der Waals surface area contributed by atoms with Crippen LogP contribution in [-0.2, 0) is 6.42 Å². The molecule has 0 amide bonds. The van der Waals surface area contributed by atoms with Gasteiger partial charge in [-0.05, 0) is 43.1 Å². The van der Waals surface area contributed by atoms with Gasteiger partial charge in [0.05, 0.1) is 6.04 Å². The van der Waals surface area contributed by atoms with Crippen molar-refractivity contribution in [1.29, 1.82) is 0 Å². The first kappa shape index (κ1) is 14.0. The van der Waals surface area contributed by atoms with Crippen LogP contribution in [0.2, 0.25) is 0 Å². The van der Waals surface area contributed by atoms with Crippen LogP contribution >= 0.6 is 0 Å². The van der Waals surface area contributed by atoms with E-state index in [1.807, 2.05) is 6.92 Å². The average molecular weight is 249 g/mol. The zero-order valence-electron chi connectivity index (χ0n) is 9.52. The number of alkyl halides is 2. The van der Waals surface area contributed by atoms with Crippen LogP contribution in [-0.4, -0.2) is 19.0 Å². The van der Waals surface area contributed by atoms with Gasteiger partial charge in [0.2, 0.25) is 0 Å². The van der Waals surface area contributed by atoms with Crippen molar-refractivity contribution in [3.05, 3.63) is 35.4 Å². The fourth-order valence-corrected chi connectivity index (χ4v) is 1.52. The van der Waals surface area contributed by atoms with E-state index in [0.717, 1.165) is 18.2 Å². The van der Waals surface area contributed by atoms with E-state index in [1.54, 1.807) is 0 Å². The van der Waals surface area contributed by atoms with Crippen molar-refractivity contribution in [2.75, 3.05) is 6.54 Å². The van der Waals surface area contributed by atoms with Crippen LogP contribution in [0.15, 0.2) is 18.2 Å². The number of hydrogen-bond acceptors (Lipinski definition) is 1. The van der Waals surface area contributed by atoms with Gasteiger partial charge >= 0.3 is 0 Å². The Kier molecular flexibility index (Phi) is 5.41. The normalized spacial score (nSPS) is 13.1. The average Bonchev–Trinajstić information content (AvgIpc) is 2.28. The molecule has 0 heterocycles. The molecule has 0 aromatic heterocycles. The molecule has 1 rings (SSSR count). The standard InChI is InChI=1S/C12H15F4N/c1-2-5-17-11(12(15)16)7-8-6-9(13)3-4-10(8)14/h3-4,6,11-12,17H,2,5,7H2,1H3. The van der Waals surface area contributed by atoms with E-state index < -0.39 is 24.1 Å². The van der Waals surface area contributed by atoms with Crippen molar-refractivity contribution >= 4 is 0 Å². The SMILES string of the molecule is CCCNC(Cc1cc(F)ccc1F)C(F)F. The molecule has 0 radical (unpaired) electrons. The van der Waals surface area contributed by atoms with Gasteiger partial charge in [-0.25, -0.2) is 17.6 Å². The molecule has 1 nitrogen and oxygen atoms in total. The van der Waals surface area contributed by atoms with Gasteiger partial charge in [0.15, 0.2) is 0 Å². The molecule has 0 spiro atoms. The molecular formula is C12H15F4N. The summed E-state index contributed by atoms with van der Waals surface area (Å²) in [7, 11) is 0. The van der Waals surface area contributed by atoms with Gasteiger partial charge in [-0.15, -0.1) is 0 Å². The number of nitrogens with one attached hydrogen (secondary N) is 1. The predicted molar refractivity (Wildman–Crippen MR) is 58.1 cm³/mol. The third-order valence-corrected chi connectivity index (χ3v) is 2.41. The van der Waals surface area contributed by atoms with Crippen molar-refractivity contribution in [2.24, 2.45) is 0 Å². The van der Waals surface area contributed by atoms with Gasteiger partial charge in [-0.1, -0.05) is 6.92 Å². The lowest BCUT2D eigenvalue weighted by Crippen LogP contribution is -2.38. The molecule has 0 saturated heterocycles. The van der Waals surface area contributed by atoms with Gasteiger partial charge in [0.1, 0.15) is 11.6 Å². The topological polar surface area (TPSA) is 12.0 Å². The van der Waals surface area contributed by atoms with Crippen molar-refractivity contribution in [1.82, 2.24) is 5.32 Å². The fraction of sp³-hybridized carbons (Fsp3) is 0.500. The van der Waals surface area contributed by atoms with Gasteiger partial charge in [0.25, 0.3) is 6.43 Å². The fourth-order valence-electron chi connectivity index (χ4n) is 1.52. The zero-order valence-corrected chi connectivity index (χ0v) is 9.52. The third kappa shape index (κ3) is 4.34. The minimum Gasteiger partial charge on any atom is -0.309 e. The predicted octanol–water partition coefficient (Wildman–Crippen LogP) is 3.14. The quantitative estimate of drug-likeness (QED) is 0.764. The molecule has 1 N–H and O–H groups in total. The molecule has 5 heteroatoms. The summed E-state index contributed by atoms with van der Waals surface area (Å²) in [4.78, 5) is 0. The summed E-state index contributed by atoms with van der Waals surface area (Å²) in [6.45, 7) is 2.27. The second-order valence-corrected chi connectivity index (χ2v) is 3.83. The van der Waals surface area contributed by atoms with E-state index in [2.05, 4.69) is 5.32 Å². The van der Waals surface area contributed by atoms with E-state index in [1.165, 1.54) is 0 Å².